The van der Waals surface area contributed by atoms with E-state index < -0.39 is 12.0 Å². The molecule has 5 nitrogen and oxygen atoms in total. The molecule has 0 bridgehead atoms. The molecule has 110 valence electrons. The van der Waals surface area contributed by atoms with Crippen molar-refractivity contribution >= 4 is 11.9 Å². The zero-order chi connectivity index (χ0) is 14.4. The smallest absolute Gasteiger partial charge is 0.326 e. The lowest BCUT2D eigenvalue weighted by molar-refractivity contribution is -0.146. The zero-order valence-corrected chi connectivity index (χ0v) is 12.0. The summed E-state index contributed by atoms with van der Waals surface area (Å²) in [5.41, 5.74) is 0. The van der Waals surface area contributed by atoms with Gasteiger partial charge in [-0.05, 0) is 18.8 Å². The number of amides is 1. The molecule has 1 amide bonds. The van der Waals surface area contributed by atoms with E-state index in [9.17, 15) is 14.7 Å². The molecule has 2 N–H and O–H groups in total. The number of carboxylic acid groups (broad SMARTS) is 1. The standard InChI is InChI=1S/C14H25NO4/c1-4-9(2)10(3)13(16)15-12(14(17)18)11-6-5-7-19-8-11/h9-12H,4-8H2,1-3H3,(H,15,16)(H,17,18). The monoisotopic (exact) mass is 271 g/mol. The molecule has 0 aromatic rings. The molecular weight excluding hydrogens is 246 g/mol. The summed E-state index contributed by atoms with van der Waals surface area (Å²) < 4.78 is 5.31. The molecular formula is C14H25NO4. The van der Waals surface area contributed by atoms with Crippen molar-refractivity contribution in [2.24, 2.45) is 17.8 Å². The van der Waals surface area contributed by atoms with Gasteiger partial charge in [-0.2, -0.15) is 0 Å². The molecule has 1 saturated heterocycles. The van der Waals surface area contributed by atoms with E-state index in [-0.39, 0.29) is 23.7 Å². The third-order valence-electron chi connectivity index (χ3n) is 4.14. The van der Waals surface area contributed by atoms with Gasteiger partial charge >= 0.3 is 5.97 Å². The minimum Gasteiger partial charge on any atom is -0.480 e. The second-order valence-electron chi connectivity index (χ2n) is 5.48. The van der Waals surface area contributed by atoms with Gasteiger partial charge in [-0.25, -0.2) is 4.79 Å². The normalized spacial score (nSPS) is 24.3. The Labute approximate surface area is 114 Å². The topological polar surface area (TPSA) is 75.6 Å². The lowest BCUT2D eigenvalue weighted by Gasteiger charge is -2.29. The molecule has 0 aliphatic carbocycles. The fourth-order valence-electron chi connectivity index (χ4n) is 2.31. The first-order valence-corrected chi connectivity index (χ1v) is 7.08. The number of hydrogen-bond donors (Lipinski definition) is 2. The van der Waals surface area contributed by atoms with Crippen LogP contribution in [0.5, 0.6) is 0 Å². The fraction of sp³-hybridized carbons (Fsp3) is 0.857. The molecule has 0 radical (unpaired) electrons. The van der Waals surface area contributed by atoms with Gasteiger partial charge in [-0.15, -0.1) is 0 Å². The molecule has 0 aromatic heterocycles. The van der Waals surface area contributed by atoms with Gasteiger partial charge in [0.05, 0.1) is 6.61 Å². The Hall–Kier alpha value is -1.10. The molecule has 5 heteroatoms. The van der Waals surface area contributed by atoms with E-state index in [4.69, 9.17) is 4.74 Å². The highest BCUT2D eigenvalue weighted by Crippen LogP contribution is 2.20. The first-order valence-electron chi connectivity index (χ1n) is 7.08. The minimum atomic E-state index is -0.972. The first kappa shape index (κ1) is 16.0. The summed E-state index contributed by atoms with van der Waals surface area (Å²) in [7, 11) is 0. The van der Waals surface area contributed by atoms with Crippen LogP contribution in [-0.2, 0) is 14.3 Å². The Morgan fingerprint density at radius 2 is 2.11 bits per heavy atom. The van der Waals surface area contributed by atoms with Crippen LogP contribution in [0.25, 0.3) is 0 Å². The summed E-state index contributed by atoms with van der Waals surface area (Å²) in [5, 5.41) is 12.0. The van der Waals surface area contributed by atoms with Crippen LogP contribution in [-0.4, -0.2) is 36.2 Å². The number of ether oxygens (including phenoxy) is 1. The number of carbonyl (C=O) groups is 2. The van der Waals surface area contributed by atoms with Gasteiger partial charge in [0.15, 0.2) is 0 Å². The molecule has 1 fully saturated rings. The van der Waals surface area contributed by atoms with Crippen LogP contribution in [0.2, 0.25) is 0 Å². The van der Waals surface area contributed by atoms with E-state index in [1.165, 1.54) is 0 Å². The minimum absolute atomic E-state index is 0.126. The van der Waals surface area contributed by atoms with Crippen LogP contribution in [0.15, 0.2) is 0 Å². The average Bonchev–Trinajstić information content (AvgIpc) is 2.43. The zero-order valence-electron chi connectivity index (χ0n) is 12.0. The highest BCUT2D eigenvalue weighted by molar-refractivity contribution is 5.85. The van der Waals surface area contributed by atoms with E-state index in [1.54, 1.807) is 0 Å². The SMILES string of the molecule is CCC(C)C(C)C(=O)NC(C(=O)O)C1CCCOC1. The van der Waals surface area contributed by atoms with Gasteiger partial charge in [0, 0.05) is 18.4 Å². The molecule has 4 atom stereocenters. The molecule has 0 aromatic carbocycles. The second-order valence-corrected chi connectivity index (χ2v) is 5.48. The number of nitrogens with one attached hydrogen (secondary N) is 1. The van der Waals surface area contributed by atoms with E-state index in [1.807, 2.05) is 20.8 Å². The van der Waals surface area contributed by atoms with Crippen LogP contribution in [0.4, 0.5) is 0 Å². The molecule has 4 unspecified atom stereocenters. The van der Waals surface area contributed by atoms with Crippen molar-refractivity contribution in [1.29, 1.82) is 0 Å². The molecule has 0 spiro atoms. The maximum atomic E-state index is 12.1. The van der Waals surface area contributed by atoms with Crippen molar-refractivity contribution in [3.63, 3.8) is 0 Å². The van der Waals surface area contributed by atoms with Gasteiger partial charge in [-0.3, -0.25) is 4.79 Å². The van der Waals surface area contributed by atoms with E-state index in [0.717, 1.165) is 19.3 Å². The Morgan fingerprint density at radius 3 is 2.58 bits per heavy atom. The number of aliphatic carboxylic acids is 1. The molecule has 1 rings (SSSR count). The number of rotatable bonds is 6. The Kier molecular flexibility index (Phi) is 6.28. The quantitative estimate of drug-likeness (QED) is 0.770. The lowest BCUT2D eigenvalue weighted by atomic mass is 9.90. The molecule has 1 aliphatic rings. The summed E-state index contributed by atoms with van der Waals surface area (Å²) in [6, 6.07) is -0.834. The predicted molar refractivity (Wildman–Crippen MR) is 71.7 cm³/mol. The van der Waals surface area contributed by atoms with Gasteiger partial charge in [0.25, 0.3) is 0 Å². The van der Waals surface area contributed by atoms with Crippen LogP contribution < -0.4 is 5.32 Å². The summed E-state index contributed by atoms with van der Waals surface area (Å²) in [6.45, 7) is 6.97. The number of hydrogen-bond acceptors (Lipinski definition) is 3. The van der Waals surface area contributed by atoms with Crippen molar-refractivity contribution in [2.75, 3.05) is 13.2 Å². The summed E-state index contributed by atoms with van der Waals surface area (Å²) in [4.78, 5) is 23.4. The van der Waals surface area contributed by atoms with Crippen molar-refractivity contribution in [3.05, 3.63) is 0 Å². The molecule has 0 saturated carbocycles. The second kappa shape index (κ2) is 7.48. The van der Waals surface area contributed by atoms with Crippen molar-refractivity contribution < 1.29 is 19.4 Å². The van der Waals surface area contributed by atoms with Gasteiger partial charge in [0.1, 0.15) is 6.04 Å². The highest BCUT2D eigenvalue weighted by atomic mass is 16.5. The third kappa shape index (κ3) is 4.49. The van der Waals surface area contributed by atoms with Crippen LogP contribution in [0, 0.1) is 17.8 Å². The lowest BCUT2D eigenvalue weighted by Crippen LogP contribution is -2.50. The molecule has 1 aliphatic heterocycles. The van der Waals surface area contributed by atoms with Crippen molar-refractivity contribution in [3.8, 4) is 0 Å². The number of carboxylic acids is 1. The molecule has 19 heavy (non-hydrogen) atoms. The largest absolute Gasteiger partial charge is 0.480 e. The number of carbonyl (C=O) groups excluding carboxylic acids is 1. The maximum absolute atomic E-state index is 12.1. The van der Waals surface area contributed by atoms with Crippen molar-refractivity contribution in [1.82, 2.24) is 5.32 Å². The van der Waals surface area contributed by atoms with Gasteiger partial charge < -0.3 is 15.2 Å². The average molecular weight is 271 g/mol. The van der Waals surface area contributed by atoms with E-state index in [2.05, 4.69) is 5.32 Å². The van der Waals surface area contributed by atoms with E-state index in [0.29, 0.717) is 13.2 Å². The van der Waals surface area contributed by atoms with E-state index >= 15 is 0 Å². The van der Waals surface area contributed by atoms with Crippen LogP contribution >= 0.6 is 0 Å². The van der Waals surface area contributed by atoms with Crippen molar-refractivity contribution in [2.45, 2.75) is 46.1 Å². The fourth-order valence-corrected chi connectivity index (χ4v) is 2.31. The maximum Gasteiger partial charge on any atom is 0.326 e. The first-order chi connectivity index (χ1) is 8.97. The van der Waals surface area contributed by atoms with Gasteiger partial charge in [-0.1, -0.05) is 27.2 Å². The highest BCUT2D eigenvalue weighted by Gasteiger charge is 2.33. The summed E-state index contributed by atoms with van der Waals surface area (Å²) >= 11 is 0. The summed E-state index contributed by atoms with van der Waals surface area (Å²) in [5.74, 6) is -1.19. The Morgan fingerprint density at radius 1 is 1.42 bits per heavy atom. The predicted octanol–water partition coefficient (Wildman–Crippen LogP) is 1.66. The Bertz CT molecular complexity index is 313. The van der Waals surface area contributed by atoms with Crippen LogP contribution in [0.1, 0.15) is 40.0 Å². The summed E-state index contributed by atoms with van der Waals surface area (Å²) in [6.07, 6.45) is 2.54. The third-order valence-corrected chi connectivity index (χ3v) is 4.14. The molecule has 1 heterocycles. The Balaban J connectivity index is 2.62. The van der Waals surface area contributed by atoms with Gasteiger partial charge in [0.2, 0.25) is 5.91 Å². The van der Waals surface area contributed by atoms with Crippen LogP contribution in [0.3, 0.4) is 0 Å².